The quantitative estimate of drug-likeness (QED) is 0.586. The van der Waals surface area contributed by atoms with Crippen LogP contribution in [0.3, 0.4) is 0 Å². The van der Waals surface area contributed by atoms with E-state index >= 15 is 0 Å². The van der Waals surface area contributed by atoms with Crippen molar-refractivity contribution in [3.05, 3.63) is 57.0 Å². The second-order valence-corrected chi connectivity index (χ2v) is 5.05. The van der Waals surface area contributed by atoms with Crippen LogP contribution in [0.2, 0.25) is 0 Å². The molecule has 4 heteroatoms. The minimum atomic E-state index is -0.122. The van der Waals surface area contributed by atoms with E-state index in [0.29, 0.717) is 22.1 Å². The lowest BCUT2D eigenvalue weighted by Gasteiger charge is -2.10. The Kier molecular flexibility index (Phi) is 2.58. The molecule has 0 aliphatic heterocycles. The zero-order valence-corrected chi connectivity index (χ0v) is 11.6. The van der Waals surface area contributed by atoms with Crippen LogP contribution in [0.15, 0.2) is 29.1 Å². The molecule has 0 saturated carbocycles. The van der Waals surface area contributed by atoms with Gasteiger partial charge < -0.3 is 0 Å². The molecule has 1 aromatic carbocycles. The second kappa shape index (κ2) is 4.17. The van der Waals surface area contributed by atoms with Gasteiger partial charge in [-0.2, -0.15) is 5.26 Å². The van der Waals surface area contributed by atoms with E-state index in [9.17, 15) is 10.1 Å². The zero-order valence-electron chi connectivity index (χ0n) is 11.6. The summed E-state index contributed by atoms with van der Waals surface area (Å²) < 4.78 is 1.52. The maximum atomic E-state index is 12.7. The highest BCUT2D eigenvalue weighted by Crippen LogP contribution is 2.18. The first-order valence-electron chi connectivity index (χ1n) is 6.36. The van der Waals surface area contributed by atoms with Gasteiger partial charge in [-0.05, 0) is 44.5 Å². The molecule has 0 radical (unpaired) electrons. The number of aromatic nitrogens is 2. The van der Waals surface area contributed by atoms with E-state index in [-0.39, 0.29) is 5.56 Å². The molecule has 0 amide bonds. The number of rotatable bonds is 0. The Hall–Kier alpha value is -2.67. The molecule has 98 valence electrons. The Labute approximate surface area is 115 Å². The smallest absolute Gasteiger partial charge is 0.265 e. The highest BCUT2D eigenvalue weighted by atomic mass is 16.1. The Morgan fingerprint density at radius 1 is 1.20 bits per heavy atom. The normalized spacial score (nSPS) is 10.9. The van der Waals surface area contributed by atoms with Crippen LogP contribution in [-0.4, -0.2) is 9.38 Å². The van der Waals surface area contributed by atoms with Gasteiger partial charge in [0, 0.05) is 5.69 Å². The summed E-state index contributed by atoms with van der Waals surface area (Å²) in [5, 5.41) is 9.89. The molecule has 0 unspecified atom stereocenters. The summed E-state index contributed by atoms with van der Waals surface area (Å²) in [5.74, 6) is 0. The molecule has 20 heavy (non-hydrogen) atoms. The van der Waals surface area contributed by atoms with Crippen molar-refractivity contribution in [2.75, 3.05) is 0 Å². The number of nitriles is 1. The number of fused-ring (bicyclic) bond motifs is 2. The Bertz CT molecular complexity index is 962. The Morgan fingerprint density at radius 3 is 2.65 bits per heavy atom. The van der Waals surface area contributed by atoms with Crippen molar-refractivity contribution in [3.8, 4) is 6.07 Å². The molecule has 0 aliphatic rings. The number of hydrogen-bond acceptors (Lipinski definition) is 3. The van der Waals surface area contributed by atoms with Crippen molar-refractivity contribution in [2.24, 2.45) is 0 Å². The molecule has 4 nitrogen and oxygen atoms in total. The van der Waals surface area contributed by atoms with E-state index in [2.05, 4.69) is 11.1 Å². The van der Waals surface area contributed by atoms with Gasteiger partial charge in [0.05, 0.1) is 16.5 Å². The molecular weight excluding hydrogens is 250 g/mol. The molecule has 0 atom stereocenters. The van der Waals surface area contributed by atoms with E-state index in [4.69, 9.17) is 0 Å². The third-order valence-electron chi connectivity index (χ3n) is 3.53. The fourth-order valence-electron chi connectivity index (χ4n) is 2.56. The van der Waals surface area contributed by atoms with Crippen molar-refractivity contribution in [2.45, 2.75) is 20.8 Å². The van der Waals surface area contributed by atoms with Crippen LogP contribution in [0, 0.1) is 32.1 Å². The number of hydrogen-bond donors (Lipinski definition) is 0. The van der Waals surface area contributed by atoms with E-state index in [0.717, 1.165) is 16.8 Å². The SMILES string of the molecule is Cc1ccc2nc3c(C#N)c(C)cc(C)n3c(=O)c2c1. The average molecular weight is 263 g/mol. The van der Waals surface area contributed by atoms with Gasteiger partial charge in [-0.3, -0.25) is 9.20 Å². The van der Waals surface area contributed by atoms with Crippen molar-refractivity contribution < 1.29 is 0 Å². The minimum absolute atomic E-state index is 0.122. The molecule has 3 aromatic rings. The number of aryl methyl sites for hydroxylation is 3. The summed E-state index contributed by atoms with van der Waals surface area (Å²) >= 11 is 0. The summed E-state index contributed by atoms with van der Waals surface area (Å²) in [7, 11) is 0. The lowest BCUT2D eigenvalue weighted by atomic mass is 10.1. The zero-order chi connectivity index (χ0) is 14.4. The van der Waals surface area contributed by atoms with Gasteiger partial charge in [0.1, 0.15) is 6.07 Å². The number of benzene rings is 1. The summed E-state index contributed by atoms with van der Waals surface area (Å²) in [5.41, 5.74) is 4.04. The van der Waals surface area contributed by atoms with Crippen LogP contribution in [0.1, 0.15) is 22.4 Å². The van der Waals surface area contributed by atoms with E-state index in [1.54, 1.807) is 0 Å². The van der Waals surface area contributed by atoms with Crippen LogP contribution < -0.4 is 5.56 Å². The summed E-state index contributed by atoms with van der Waals surface area (Å²) in [6.07, 6.45) is 0. The van der Waals surface area contributed by atoms with Crippen molar-refractivity contribution in [3.63, 3.8) is 0 Å². The first-order valence-corrected chi connectivity index (χ1v) is 6.36. The summed E-state index contributed by atoms with van der Waals surface area (Å²) in [6, 6.07) is 9.57. The number of nitrogens with zero attached hydrogens (tertiary/aromatic N) is 3. The molecule has 0 saturated heterocycles. The molecule has 0 aliphatic carbocycles. The lowest BCUT2D eigenvalue weighted by Crippen LogP contribution is -2.19. The van der Waals surface area contributed by atoms with Crippen molar-refractivity contribution in [1.29, 1.82) is 5.26 Å². The molecule has 0 N–H and O–H groups in total. The van der Waals surface area contributed by atoms with Gasteiger partial charge in [0.2, 0.25) is 0 Å². The predicted octanol–water partition coefficient (Wildman–Crippen LogP) is 2.64. The highest BCUT2D eigenvalue weighted by molar-refractivity contribution is 5.81. The third-order valence-corrected chi connectivity index (χ3v) is 3.53. The molecule has 2 aromatic heterocycles. The van der Waals surface area contributed by atoms with E-state index in [1.165, 1.54) is 4.40 Å². The van der Waals surface area contributed by atoms with Crippen LogP contribution >= 0.6 is 0 Å². The first-order chi connectivity index (χ1) is 9.52. The monoisotopic (exact) mass is 263 g/mol. The van der Waals surface area contributed by atoms with Gasteiger partial charge in [0.25, 0.3) is 5.56 Å². The lowest BCUT2D eigenvalue weighted by molar-refractivity contribution is 1.00. The van der Waals surface area contributed by atoms with E-state index in [1.807, 2.05) is 45.0 Å². The number of pyridine rings is 1. The summed E-state index contributed by atoms with van der Waals surface area (Å²) in [4.78, 5) is 17.2. The Morgan fingerprint density at radius 2 is 1.95 bits per heavy atom. The molecule has 0 bridgehead atoms. The molecule has 0 fully saturated rings. The van der Waals surface area contributed by atoms with Gasteiger partial charge in [-0.25, -0.2) is 4.98 Å². The van der Waals surface area contributed by atoms with Gasteiger partial charge in [-0.1, -0.05) is 11.6 Å². The summed E-state index contributed by atoms with van der Waals surface area (Å²) in [6.45, 7) is 5.65. The third kappa shape index (κ3) is 1.60. The first kappa shape index (κ1) is 12.4. The molecule has 2 heterocycles. The predicted molar refractivity (Wildman–Crippen MR) is 77.9 cm³/mol. The second-order valence-electron chi connectivity index (χ2n) is 5.05. The maximum absolute atomic E-state index is 12.7. The van der Waals surface area contributed by atoms with Crippen LogP contribution in [0.25, 0.3) is 16.6 Å². The molecule has 0 spiro atoms. The fraction of sp³-hybridized carbons (Fsp3) is 0.188. The van der Waals surface area contributed by atoms with Gasteiger partial charge >= 0.3 is 0 Å². The van der Waals surface area contributed by atoms with Crippen LogP contribution in [0.4, 0.5) is 0 Å². The topological polar surface area (TPSA) is 58.2 Å². The van der Waals surface area contributed by atoms with Gasteiger partial charge in [0.15, 0.2) is 5.65 Å². The average Bonchev–Trinajstić information content (AvgIpc) is 2.39. The Balaban J connectivity index is 2.67. The van der Waals surface area contributed by atoms with Crippen molar-refractivity contribution in [1.82, 2.24) is 9.38 Å². The molecular formula is C16H13N3O. The maximum Gasteiger partial charge on any atom is 0.265 e. The fourth-order valence-corrected chi connectivity index (χ4v) is 2.56. The van der Waals surface area contributed by atoms with Gasteiger partial charge in [-0.15, -0.1) is 0 Å². The highest BCUT2D eigenvalue weighted by Gasteiger charge is 2.13. The van der Waals surface area contributed by atoms with Crippen molar-refractivity contribution >= 4 is 16.6 Å². The standard InChI is InChI=1S/C16H13N3O/c1-9-4-5-14-12(6-9)16(20)19-11(3)7-10(2)13(8-17)15(19)18-14/h4-7H,1-3H3. The van der Waals surface area contributed by atoms with Crippen LogP contribution in [0.5, 0.6) is 0 Å². The minimum Gasteiger partial charge on any atom is -0.268 e. The van der Waals surface area contributed by atoms with Crippen LogP contribution in [-0.2, 0) is 0 Å². The molecule has 3 rings (SSSR count). The van der Waals surface area contributed by atoms with E-state index < -0.39 is 0 Å². The largest absolute Gasteiger partial charge is 0.268 e.